The third-order valence-corrected chi connectivity index (χ3v) is 3.72. The number of hydrogen-bond acceptors (Lipinski definition) is 4. The number of nitro benzene ring substituents is 1. The van der Waals surface area contributed by atoms with E-state index < -0.39 is 0 Å². The van der Waals surface area contributed by atoms with Gasteiger partial charge in [-0.25, -0.2) is 0 Å². The Morgan fingerprint density at radius 1 is 1.45 bits per heavy atom. The maximum Gasteiger partial charge on any atom is 0.269 e. The molecule has 1 fully saturated rings. The third kappa shape index (κ3) is 3.93. The Kier molecular flexibility index (Phi) is 4.95. The zero-order chi connectivity index (χ0) is 14.5. The Balaban J connectivity index is 2.14. The molecule has 110 valence electrons. The van der Waals surface area contributed by atoms with Crippen molar-refractivity contribution in [1.82, 2.24) is 4.90 Å². The highest BCUT2D eigenvalue weighted by atomic mass is 16.6. The van der Waals surface area contributed by atoms with Gasteiger partial charge in [0, 0.05) is 38.0 Å². The highest BCUT2D eigenvalue weighted by Crippen LogP contribution is 2.31. The molecule has 0 bridgehead atoms. The van der Waals surface area contributed by atoms with Gasteiger partial charge in [0.2, 0.25) is 0 Å². The largest absolute Gasteiger partial charge is 0.388 e. The molecule has 2 rings (SSSR count). The molecule has 20 heavy (non-hydrogen) atoms. The van der Waals surface area contributed by atoms with E-state index in [0.717, 1.165) is 43.2 Å². The molecule has 0 atom stereocenters. The van der Waals surface area contributed by atoms with E-state index in [0.29, 0.717) is 0 Å². The van der Waals surface area contributed by atoms with E-state index in [-0.39, 0.29) is 10.6 Å². The zero-order valence-electron chi connectivity index (χ0n) is 12.3. The van der Waals surface area contributed by atoms with Crippen LogP contribution >= 0.6 is 0 Å². The van der Waals surface area contributed by atoms with Crippen LogP contribution < -0.4 is 5.32 Å². The van der Waals surface area contributed by atoms with Gasteiger partial charge in [-0.2, -0.15) is 0 Å². The van der Waals surface area contributed by atoms with Gasteiger partial charge in [0.25, 0.3) is 5.69 Å². The molecule has 1 saturated carbocycles. The van der Waals surface area contributed by atoms with Crippen LogP contribution in [0.15, 0.2) is 18.2 Å². The second-order valence-electron chi connectivity index (χ2n) is 5.53. The van der Waals surface area contributed by atoms with E-state index in [9.17, 15) is 10.1 Å². The van der Waals surface area contributed by atoms with Crippen molar-refractivity contribution in [1.29, 1.82) is 0 Å². The minimum Gasteiger partial charge on any atom is -0.388 e. The molecule has 0 saturated heterocycles. The molecular formula is C15H23N3O2. The van der Waals surface area contributed by atoms with E-state index in [4.69, 9.17) is 0 Å². The number of non-ortho nitro benzene ring substituents is 1. The maximum absolute atomic E-state index is 10.9. The number of benzene rings is 1. The van der Waals surface area contributed by atoms with Crippen LogP contribution in [0, 0.1) is 16.0 Å². The molecule has 0 heterocycles. The molecule has 1 aromatic carbocycles. The predicted octanol–water partition coefficient (Wildman–Crippen LogP) is 3.26. The second-order valence-corrected chi connectivity index (χ2v) is 5.53. The van der Waals surface area contributed by atoms with E-state index in [1.54, 1.807) is 18.2 Å². The molecule has 1 N–H and O–H groups in total. The van der Waals surface area contributed by atoms with Crippen molar-refractivity contribution in [3.8, 4) is 0 Å². The molecule has 1 aliphatic carbocycles. The summed E-state index contributed by atoms with van der Waals surface area (Å²) in [7, 11) is 1.86. The lowest BCUT2D eigenvalue weighted by molar-refractivity contribution is -0.384. The lowest BCUT2D eigenvalue weighted by atomic mass is 10.1. The first-order valence-corrected chi connectivity index (χ1v) is 7.31. The van der Waals surface area contributed by atoms with Gasteiger partial charge in [0.1, 0.15) is 0 Å². The fourth-order valence-electron chi connectivity index (χ4n) is 2.53. The van der Waals surface area contributed by atoms with Crippen LogP contribution in [-0.2, 0) is 6.54 Å². The maximum atomic E-state index is 10.9. The topological polar surface area (TPSA) is 58.4 Å². The van der Waals surface area contributed by atoms with Gasteiger partial charge in [-0.3, -0.25) is 15.0 Å². The van der Waals surface area contributed by atoms with E-state index in [1.807, 2.05) is 7.05 Å². The van der Waals surface area contributed by atoms with Crippen molar-refractivity contribution in [2.24, 2.45) is 5.92 Å². The average molecular weight is 277 g/mol. The van der Waals surface area contributed by atoms with Gasteiger partial charge in [-0.15, -0.1) is 0 Å². The molecule has 0 radical (unpaired) electrons. The molecule has 0 aliphatic heterocycles. The highest BCUT2D eigenvalue weighted by Gasteiger charge is 2.24. The monoisotopic (exact) mass is 277 g/mol. The van der Waals surface area contributed by atoms with Crippen molar-refractivity contribution in [3.05, 3.63) is 33.9 Å². The Bertz CT molecular complexity index is 472. The van der Waals surface area contributed by atoms with Gasteiger partial charge >= 0.3 is 0 Å². The number of rotatable bonds is 8. The summed E-state index contributed by atoms with van der Waals surface area (Å²) in [6, 6.07) is 5.05. The van der Waals surface area contributed by atoms with Crippen molar-refractivity contribution >= 4 is 11.4 Å². The van der Waals surface area contributed by atoms with Crippen molar-refractivity contribution in [2.45, 2.75) is 32.7 Å². The van der Waals surface area contributed by atoms with Crippen LogP contribution in [0.5, 0.6) is 0 Å². The number of nitrogens with one attached hydrogen (secondary N) is 1. The summed E-state index contributed by atoms with van der Waals surface area (Å²) in [6.07, 6.45) is 3.76. The highest BCUT2D eigenvalue weighted by molar-refractivity contribution is 5.55. The van der Waals surface area contributed by atoms with Crippen LogP contribution in [0.4, 0.5) is 11.4 Å². The van der Waals surface area contributed by atoms with Crippen LogP contribution in [0.1, 0.15) is 31.7 Å². The lowest BCUT2D eigenvalue weighted by Gasteiger charge is -2.23. The number of anilines is 1. The Hall–Kier alpha value is -1.62. The summed E-state index contributed by atoms with van der Waals surface area (Å²) >= 11 is 0. The quantitative estimate of drug-likeness (QED) is 0.585. The Morgan fingerprint density at radius 3 is 2.75 bits per heavy atom. The second kappa shape index (κ2) is 6.70. The number of nitrogens with zero attached hydrogens (tertiary/aromatic N) is 2. The van der Waals surface area contributed by atoms with Crippen molar-refractivity contribution in [3.63, 3.8) is 0 Å². The fourth-order valence-corrected chi connectivity index (χ4v) is 2.53. The van der Waals surface area contributed by atoms with E-state index in [2.05, 4.69) is 17.1 Å². The lowest BCUT2D eigenvalue weighted by Crippen LogP contribution is -2.26. The molecule has 0 spiro atoms. The van der Waals surface area contributed by atoms with Crippen LogP contribution in [0.2, 0.25) is 0 Å². The number of hydrogen-bond donors (Lipinski definition) is 1. The van der Waals surface area contributed by atoms with Gasteiger partial charge in [-0.05, 0) is 43.4 Å². The SMILES string of the molecule is CCCN(Cc1cc([N+](=O)[O-])ccc1NC)CC1CC1. The minimum absolute atomic E-state index is 0.168. The molecule has 1 aliphatic rings. The minimum atomic E-state index is -0.325. The summed E-state index contributed by atoms with van der Waals surface area (Å²) in [6.45, 7) is 5.11. The summed E-state index contributed by atoms with van der Waals surface area (Å²) in [5.74, 6) is 0.832. The molecular weight excluding hydrogens is 254 g/mol. The van der Waals surface area contributed by atoms with Gasteiger partial charge in [-0.1, -0.05) is 6.92 Å². The summed E-state index contributed by atoms with van der Waals surface area (Å²) in [5.41, 5.74) is 2.16. The van der Waals surface area contributed by atoms with Crippen molar-refractivity contribution in [2.75, 3.05) is 25.5 Å². The van der Waals surface area contributed by atoms with Gasteiger partial charge in [0.05, 0.1) is 4.92 Å². The molecule has 1 aromatic rings. The summed E-state index contributed by atoms with van der Waals surface area (Å²) in [4.78, 5) is 13.0. The van der Waals surface area contributed by atoms with E-state index in [1.165, 1.54) is 12.8 Å². The zero-order valence-corrected chi connectivity index (χ0v) is 12.3. The van der Waals surface area contributed by atoms with Crippen molar-refractivity contribution < 1.29 is 4.92 Å². The average Bonchev–Trinajstić information content (AvgIpc) is 3.22. The first-order chi connectivity index (χ1) is 9.63. The van der Waals surface area contributed by atoms with E-state index >= 15 is 0 Å². The van der Waals surface area contributed by atoms with Gasteiger partial charge in [0.15, 0.2) is 0 Å². The first-order valence-electron chi connectivity index (χ1n) is 7.31. The number of nitro groups is 1. The summed E-state index contributed by atoms with van der Waals surface area (Å²) < 4.78 is 0. The third-order valence-electron chi connectivity index (χ3n) is 3.72. The normalized spacial score (nSPS) is 14.6. The molecule has 5 nitrogen and oxygen atoms in total. The Labute approximate surface area is 120 Å². The smallest absolute Gasteiger partial charge is 0.269 e. The molecule has 5 heteroatoms. The van der Waals surface area contributed by atoms with Crippen LogP contribution in [-0.4, -0.2) is 30.0 Å². The van der Waals surface area contributed by atoms with Gasteiger partial charge < -0.3 is 5.32 Å². The summed E-state index contributed by atoms with van der Waals surface area (Å²) in [5, 5.41) is 14.1. The molecule has 0 amide bonds. The van der Waals surface area contributed by atoms with Crippen LogP contribution in [0.3, 0.4) is 0 Å². The molecule has 0 unspecified atom stereocenters. The Morgan fingerprint density at radius 2 is 2.20 bits per heavy atom. The fraction of sp³-hybridized carbons (Fsp3) is 0.600. The molecule has 0 aromatic heterocycles. The standard InChI is InChI=1S/C15H23N3O2/c1-3-8-17(10-12-4-5-12)11-13-9-14(18(19)20)6-7-15(13)16-2/h6-7,9,12,16H,3-5,8,10-11H2,1-2H3. The predicted molar refractivity (Wildman–Crippen MR) is 80.9 cm³/mol. The van der Waals surface area contributed by atoms with Crippen LogP contribution in [0.25, 0.3) is 0 Å². The first kappa shape index (κ1) is 14.8.